The van der Waals surface area contributed by atoms with Crippen molar-refractivity contribution in [1.82, 2.24) is 4.90 Å². The van der Waals surface area contributed by atoms with Gasteiger partial charge in [0.15, 0.2) is 0 Å². The van der Waals surface area contributed by atoms with Gasteiger partial charge in [-0.15, -0.1) is 0 Å². The van der Waals surface area contributed by atoms with Crippen LogP contribution in [0, 0.1) is 5.92 Å². The molecule has 0 radical (unpaired) electrons. The highest BCUT2D eigenvalue weighted by Gasteiger charge is 2.35. The Balaban J connectivity index is 2.47. The van der Waals surface area contributed by atoms with Gasteiger partial charge < -0.3 is 5.73 Å². The summed E-state index contributed by atoms with van der Waals surface area (Å²) in [7, 11) is 0. The Labute approximate surface area is 95.2 Å². The highest BCUT2D eigenvalue weighted by molar-refractivity contribution is 4.91. The van der Waals surface area contributed by atoms with Crippen LogP contribution in [0.4, 0.5) is 0 Å². The molecule has 3 unspecified atom stereocenters. The van der Waals surface area contributed by atoms with Gasteiger partial charge in [0, 0.05) is 12.1 Å². The van der Waals surface area contributed by atoms with Crippen molar-refractivity contribution in [2.45, 2.75) is 65.0 Å². The van der Waals surface area contributed by atoms with Gasteiger partial charge in [0.2, 0.25) is 0 Å². The minimum Gasteiger partial charge on any atom is -0.330 e. The van der Waals surface area contributed by atoms with Crippen LogP contribution in [0.25, 0.3) is 0 Å². The second-order valence-electron chi connectivity index (χ2n) is 4.99. The number of hydrogen-bond acceptors (Lipinski definition) is 2. The van der Waals surface area contributed by atoms with Crippen molar-refractivity contribution in [3.63, 3.8) is 0 Å². The Kier molecular flexibility index (Phi) is 5.62. The Morgan fingerprint density at radius 3 is 2.47 bits per heavy atom. The number of unbranched alkanes of at least 4 members (excludes halogenated alkanes) is 1. The molecule has 0 bridgehead atoms. The molecule has 90 valence electrons. The SMILES string of the molecule is CCCCN(C(C)CC)C1CCC1CN. The van der Waals surface area contributed by atoms with Crippen LogP contribution in [0.5, 0.6) is 0 Å². The summed E-state index contributed by atoms with van der Waals surface area (Å²) >= 11 is 0. The summed E-state index contributed by atoms with van der Waals surface area (Å²) < 4.78 is 0. The lowest BCUT2D eigenvalue weighted by molar-refractivity contribution is 0.0339. The van der Waals surface area contributed by atoms with Crippen LogP contribution >= 0.6 is 0 Å². The molecule has 0 aliphatic heterocycles. The van der Waals surface area contributed by atoms with E-state index in [4.69, 9.17) is 5.73 Å². The lowest BCUT2D eigenvalue weighted by Crippen LogP contribution is -2.53. The molecule has 3 atom stereocenters. The first-order chi connectivity index (χ1) is 7.24. The maximum absolute atomic E-state index is 5.81. The lowest BCUT2D eigenvalue weighted by Gasteiger charge is -2.46. The molecule has 0 aromatic rings. The monoisotopic (exact) mass is 212 g/mol. The van der Waals surface area contributed by atoms with Crippen LogP contribution in [0.1, 0.15) is 52.9 Å². The van der Waals surface area contributed by atoms with Crippen molar-refractivity contribution in [2.75, 3.05) is 13.1 Å². The Morgan fingerprint density at radius 1 is 1.33 bits per heavy atom. The summed E-state index contributed by atoms with van der Waals surface area (Å²) in [5, 5.41) is 0. The second-order valence-corrected chi connectivity index (χ2v) is 4.99. The van der Waals surface area contributed by atoms with Crippen LogP contribution in [-0.4, -0.2) is 30.1 Å². The third-order valence-electron chi connectivity index (χ3n) is 4.03. The zero-order chi connectivity index (χ0) is 11.3. The lowest BCUT2D eigenvalue weighted by atomic mass is 9.77. The highest BCUT2D eigenvalue weighted by Crippen LogP contribution is 2.33. The quantitative estimate of drug-likeness (QED) is 0.703. The molecule has 0 aromatic carbocycles. The van der Waals surface area contributed by atoms with Crippen molar-refractivity contribution >= 4 is 0 Å². The highest BCUT2D eigenvalue weighted by atomic mass is 15.2. The van der Waals surface area contributed by atoms with Crippen molar-refractivity contribution in [1.29, 1.82) is 0 Å². The molecule has 1 fully saturated rings. The maximum atomic E-state index is 5.81. The average molecular weight is 212 g/mol. The van der Waals surface area contributed by atoms with E-state index in [-0.39, 0.29) is 0 Å². The topological polar surface area (TPSA) is 29.3 Å². The third kappa shape index (κ3) is 3.18. The fourth-order valence-corrected chi connectivity index (χ4v) is 2.55. The van der Waals surface area contributed by atoms with E-state index in [0.717, 1.165) is 24.5 Å². The second kappa shape index (κ2) is 6.49. The number of rotatable bonds is 7. The molecule has 0 spiro atoms. The molecule has 0 saturated heterocycles. The molecule has 1 aliphatic carbocycles. The van der Waals surface area contributed by atoms with Gasteiger partial charge in [-0.2, -0.15) is 0 Å². The molecule has 0 aromatic heterocycles. The van der Waals surface area contributed by atoms with E-state index in [1.165, 1.54) is 38.6 Å². The first-order valence-electron chi connectivity index (χ1n) is 6.70. The first-order valence-corrected chi connectivity index (χ1v) is 6.70. The van der Waals surface area contributed by atoms with Crippen LogP contribution < -0.4 is 5.73 Å². The molecule has 2 N–H and O–H groups in total. The van der Waals surface area contributed by atoms with Gasteiger partial charge in [0.05, 0.1) is 0 Å². The van der Waals surface area contributed by atoms with E-state index in [9.17, 15) is 0 Å². The van der Waals surface area contributed by atoms with Gasteiger partial charge >= 0.3 is 0 Å². The summed E-state index contributed by atoms with van der Waals surface area (Å²) in [6.07, 6.45) is 6.61. The maximum Gasteiger partial charge on any atom is 0.0138 e. The smallest absolute Gasteiger partial charge is 0.0138 e. The fraction of sp³-hybridized carbons (Fsp3) is 1.00. The molecule has 0 amide bonds. The average Bonchev–Trinajstić information content (AvgIpc) is 2.21. The molecular formula is C13H28N2. The van der Waals surface area contributed by atoms with Crippen molar-refractivity contribution in [2.24, 2.45) is 11.7 Å². The standard InChI is InChI=1S/C13H28N2/c1-4-6-9-15(11(3)5-2)13-8-7-12(13)10-14/h11-13H,4-10,14H2,1-3H3. The largest absolute Gasteiger partial charge is 0.330 e. The molecule has 1 rings (SSSR count). The van der Waals surface area contributed by atoms with Crippen LogP contribution in [-0.2, 0) is 0 Å². The fourth-order valence-electron chi connectivity index (χ4n) is 2.55. The summed E-state index contributed by atoms with van der Waals surface area (Å²) in [6.45, 7) is 9.08. The van der Waals surface area contributed by atoms with E-state index < -0.39 is 0 Å². The molecule has 15 heavy (non-hydrogen) atoms. The minimum absolute atomic E-state index is 0.732. The van der Waals surface area contributed by atoms with Crippen LogP contribution in [0.3, 0.4) is 0 Å². The molecule has 0 heterocycles. The van der Waals surface area contributed by atoms with Crippen molar-refractivity contribution in [3.05, 3.63) is 0 Å². The van der Waals surface area contributed by atoms with Crippen LogP contribution in [0.15, 0.2) is 0 Å². The predicted octanol–water partition coefficient (Wildman–Crippen LogP) is 2.62. The van der Waals surface area contributed by atoms with Crippen molar-refractivity contribution < 1.29 is 0 Å². The van der Waals surface area contributed by atoms with Gasteiger partial charge in [-0.25, -0.2) is 0 Å². The van der Waals surface area contributed by atoms with Gasteiger partial charge in [-0.05, 0) is 51.6 Å². The molecule has 2 heteroatoms. The van der Waals surface area contributed by atoms with Crippen LogP contribution in [0.2, 0.25) is 0 Å². The summed E-state index contributed by atoms with van der Waals surface area (Å²) in [5.74, 6) is 0.774. The minimum atomic E-state index is 0.732. The van der Waals surface area contributed by atoms with E-state index in [1.807, 2.05) is 0 Å². The third-order valence-corrected chi connectivity index (χ3v) is 4.03. The first kappa shape index (κ1) is 13.0. The number of hydrogen-bond donors (Lipinski definition) is 1. The van der Waals surface area contributed by atoms with Gasteiger partial charge in [0.1, 0.15) is 0 Å². The number of nitrogens with two attached hydrogens (primary N) is 1. The van der Waals surface area contributed by atoms with E-state index >= 15 is 0 Å². The van der Waals surface area contributed by atoms with Gasteiger partial charge in [-0.3, -0.25) is 4.90 Å². The summed E-state index contributed by atoms with van der Waals surface area (Å²) in [6, 6.07) is 1.52. The number of nitrogens with zero attached hydrogens (tertiary/aromatic N) is 1. The molecular weight excluding hydrogens is 184 g/mol. The molecule has 1 saturated carbocycles. The summed E-state index contributed by atoms with van der Waals surface area (Å²) in [5.41, 5.74) is 5.81. The Bertz CT molecular complexity index is 168. The van der Waals surface area contributed by atoms with Gasteiger partial charge in [-0.1, -0.05) is 20.3 Å². The molecule has 2 nitrogen and oxygen atoms in total. The van der Waals surface area contributed by atoms with Crippen molar-refractivity contribution in [3.8, 4) is 0 Å². The molecule has 1 aliphatic rings. The van der Waals surface area contributed by atoms with E-state index in [2.05, 4.69) is 25.7 Å². The Morgan fingerprint density at radius 2 is 2.07 bits per heavy atom. The van der Waals surface area contributed by atoms with Gasteiger partial charge in [0.25, 0.3) is 0 Å². The Hall–Kier alpha value is -0.0800. The zero-order valence-electron chi connectivity index (χ0n) is 10.7. The van der Waals surface area contributed by atoms with E-state index in [0.29, 0.717) is 0 Å². The summed E-state index contributed by atoms with van der Waals surface area (Å²) in [4.78, 5) is 2.71. The predicted molar refractivity (Wildman–Crippen MR) is 66.9 cm³/mol. The zero-order valence-corrected chi connectivity index (χ0v) is 10.7. The van der Waals surface area contributed by atoms with E-state index in [1.54, 1.807) is 0 Å². The normalized spacial score (nSPS) is 27.8.